The number of benzene rings is 1. The molecule has 2 unspecified atom stereocenters. The summed E-state index contributed by atoms with van der Waals surface area (Å²) in [7, 11) is 0. The Bertz CT molecular complexity index is 993. The van der Waals surface area contributed by atoms with E-state index in [1.54, 1.807) is 20.8 Å². The van der Waals surface area contributed by atoms with Crippen LogP contribution in [0.2, 0.25) is 0 Å². The predicted octanol–water partition coefficient (Wildman–Crippen LogP) is 1.18. The highest BCUT2D eigenvalue weighted by Crippen LogP contribution is 2.30. The molecule has 1 aromatic rings. The third-order valence-corrected chi connectivity index (χ3v) is 6.57. The minimum Gasteiger partial charge on any atom is -0.444 e. The van der Waals surface area contributed by atoms with Crippen LogP contribution in [0.5, 0.6) is 0 Å². The highest BCUT2D eigenvalue weighted by atomic mass is 16.7. The van der Waals surface area contributed by atoms with Gasteiger partial charge in [-0.05, 0) is 52.0 Å². The van der Waals surface area contributed by atoms with Crippen molar-refractivity contribution in [2.75, 3.05) is 13.1 Å². The van der Waals surface area contributed by atoms with Crippen molar-refractivity contribution in [1.82, 2.24) is 31.4 Å². The molecule has 1 aromatic carbocycles. The zero-order valence-electron chi connectivity index (χ0n) is 21.5. The van der Waals surface area contributed by atoms with E-state index in [2.05, 4.69) is 21.5 Å². The van der Waals surface area contributed by atoms with Crippen LogP contribution >= 0.6 is 0 Å². The van der Waals surface area contributed by atoms with Crippen molar-refractivity contribution in [3.05, 3.63) is 35.9 Å². The number of hydroxylamine groups is 2. The summed E-state index contributed by atoms with van der Waals surface area (Å²) in [5.74, 6) is -0.832. The fourth-order valence-electron chi connectivity index (χ4n) is 4.66. The van der Waals surface area contributed by atoms with Gasteiger partial charge in [0, 0.05) is 18.6 Å². The van der Waals surface area contributed by atoms with E-state index in [0.717, 1.165) is 5.56 Å². The lowest BCUT2D eigenvalue weighted by Crippen LogP contribution is -2.57. The number of nitrogens with zero attached hydrogens (tertiary/aromatic N) is 2. The van der Waals surface area contributed by atoms with Crippen LogP contribution in [0.4, 0.5) is 9.59 Å². The van der Waals surface area contributed by atoms with Gasteiger partial charge >= 0.3 is 12.1 Å². The Balaban J connectivity index is 1.13. The van der Waals surface area contributed by atoms with Gasteiger partial charge < -0.3 is 20.3 Å². The largest absolute Gasteiger partial charge is 0.444 e. The van der Waals surface area contributed by atoms with Crippen LogP contribution in [0.1, 0.15) is 52.0 Å². The lowest BCUT2D eigenvalue weighted by Gasteiger charge is -2.36. The first kappa shape index (κ1) is 26.7. The maximum Gasteiger partial charge on any atom is 0.407 e. The Hall–Kier alpha value is -3.38. The molecule has 1 aliphatic carbocycles. The monoisotopic (exact) mass is 516 g/mol. The van der Waals surface area contributed by atoms with Crippen LogP contribution in [0.3, 0.4) is 0 Å². The van der Waals surface area contributed by atoms with Gasteiger partial charge in [0.05, 0.1) is 12.6 Å². The molecule has 2 heterocycles. The summed E-state index contributed by atoms with van der Waals surface area (Å²) in [5, 5.41) is 7.26. The van der Waals surface area contributed by atoms with Crippen LogP contribution in [-0.4, -0.2) is 76.8 Å². The Morgan fingerprint density at radius 3 is 2.46 bits per heavy atom. The third kappa shape index (κ3) is 7.10. The van der Waals surface area contributed by atoms with E-state index >= 15 is 0 Å². The van der Waals surface area contributed by atoms with E-state index in [1.807, 2.05) is 30.3 Å². The fourth-order valence-corrected chi connectivity index (χ4v) is 4.66. The molecule has 2 atom stereocenters. The molecule has 2 aliphatic heterocycles. The smallest absolute Gasteiger partial charge is 0.407 e. The molecule has 202 valence electrons. The number of alkyl carbamates (subject to hydrolysis) is 1. The van der Waals surface area contributed by atoms with Crippen LogP contribution in [0, 0.1) is 0 Å². The van der Waals surface area contributed by atoms with E-state index < -0.39 is 29.6 Å². The fraction of sp³-hybridized carbons (Fsp3) is 0.600. The number of fused-ring (bicyclic) bond motifs is 2. The maximum atomic E-state index is 12.9. The molecular weight excluding hydrogens is 480 g/mol. The molecule has 5 amide bonds. The van der Waals surface area contributed by atoms with Gasteiger partial charge in [0.1, 0.15) is 18.2 Å². The van der Waals surface area contributed by atoms with Crippen molar-refractivity contribution in [2.24, 2.45) is 0 Å². The molecule has 0 aromatic heterocycles. The van der Waals surface area contributed by atoms with Gasteiger partial charge in [0.15, 0.2) is 0 Å². The standard InChI is InChI=1S/C25H36N6O6/c1-25(2,3)37-23(34)27-18-11-17(12-18)26-13-21(32)28-29-22(33)20-10-9-19-14-30(20)24(35)31(19)36-15-16-7-5-4-6-8-16/h4-8,17-20,26H,9-15H2,1-3H3,(H,27,34)(H,28,32)(H,29,33). The SMILES string of the molecule is CC(C)(C)OC(=O)NC1CC(NCC(=O)NNC(=O)C2CCC3CN2C(=O)N3OCc2ccccc2)C1. The number of carbonyl (C=O) groups excluding carboxylic acids is 4. The number of nitrogens with one attached hydrogen (secondary N) is 4. The highest BCUT2D eigenvalue weighted by Gasteiger charge is 2.48. The number of urea groups is 1. The molecule has 1 saturated carbocycles. The average Bonchev–Trinajstić information content (AvgIpc) is 3.06. The second-order valence-corrected chi connectivity index (χ2v) is 10.7. The topological polar surface area (TPSA) is 141 Å². The van der Waals surface area contributed by atoms with Crippen molar-refractivity contribution < 1.29 is 28.8 Å². The van der Waals surface area contributed by atoms with Crippen molar-refractivity contribution in [3.8, 4) is 0 Å². The molecule has 4 rings (SSSR count). The van der Waals surface area contributed by atoms with E-state index in [9.17, 15) is 19.2 Å². The van der Waals surface area contributed by atoms with Crippen LogP contribution in [0.15, 0.2) is 30.3 Å². The maximum absolute atomic E-state index is 12.9. The Morgan fingerprint density at radius 1 is 1.03 bits per heavy atom. The molecule has 4 N–H and O–H groups in total. The number of hydrogen-bond donors (Lipinski definition) is 4. The number of rotatable bonds is 8. The van der Waals surface area contributed by atoms with E-state index in [-0.39, 0.29) is 37.3 Å². The van der Waals surface area contributed by atoms with Gasteiger partial charge in [-0.1, -0.05) is 30.3 Å². The first-order chi connectivity index (χ1) is 17.6. The normalized spacial score (nSPS) is 24.8. The second-order valence-electron chi connectivity index (χ2n) is 10.7. The minimum absolute atomic E-state index is 0.000484. The summed E-state index contributed by atoms with van der Waals surface area (Å²) in [6, 6.07) is 8.54. The van der Waals surface area contributed by atoms with Crippen molar-refractivity contribution in [3.63, 3.8) is 0 Å². The Morgan fingerprint density at radius 2 is 1.76 bits per heavy atom. The van der Waals surface area contributed by atoms with E-state index in [4.69, 9.17) is 9.57 Å². The molecule has 0 spiro atoms. The zero-order chi connectivity index (χ0) is 26.6. The van der Waals surface area contributed by atoms with Gasteiger partial charge in [-0.15, -0.1) is 0 Å². The summed E-state index contributed by atoms with van der Waals surface area (Å²) < 4.78 is 5.23. The van der Waals surface area contributed by atoms with Crippen LogP contribution in [0.25, 0.3) is 0 Å². The number of carbonyl (C=O) groups is 4. The zero-order valence-corrected chi connectivity index (χ0v) is 21.5. The van der Waals surface area contributed by atoms with Crippen molar-refractivity contribution in [2.45, 2.75) is 82.8 Å². The van der Waals surface area contributed by atoms with Crippen LogP contribution in [-0.2, 0) is 25.8 Å². The molecule has 2 saturated heterocycles. The molecule has 12 nitrogen and oxygen atoms in total. The van der Waals surface area contributed by atoms with Gasteiger partial charge in [-0.25, -0.2) is 9.59 Å². The lowest BCUT2D eigenvalue weighted by atomic mass is 9.87. The first-order valence-corrected chi connectivity index (χ1v) is 12.7. The number of hydrogen-bond acceptors (Lipinski definition) is 7. The molecule has 2 bridgehead atoms. The minimum atomic E-state index is -0.673. The van der Waals surface area contributed by atoms with Gasteiger partial charge in [-0.3, -0.25) is 25.3 Å². The van der Waals surface area contributed by atoms with Crippen molar-refractivity contribution >= 4 is 23.9 Å². The Labute approximate surface area is 216 Å². The van der Waals surface area contributed by atoms with Crippen LogP contribution < -0.4 is 21.5 Å². The summed E-state index contributed by atoms with van der Waals surface area (Å²) in [4.78, 5) is 56.8. The molecule has 0 radical (unpaired) electrons. The highest BCUT2D eigenvalue weighted by molar-refractivity contribution is 5.90. The summed E-state index contributed by atoms with van der Waals surface area (Å²) >= 11 is 0. The van der Waals surface area contributed by atoms with Crippen molar-refractivity contribution in [1.29, 1.82) is 0 Å². The quantitative estimate of drug-likeness (QED) is 0.380. The van der Waals surface area contributed by atoms with Gasteiger partial charge in [-0.2, -0.15) is 5.06 Å². The molecule has 3 fully saturated rings. The second kappa shape index (κ2) is 11.3. The third-order valence-electron chi connectivity index (χ3n) is 6.57. The van der Waals surface area contributed by atoms with Gasteiger partial charge in [0.2, 0.25) is 0 Å². The first-order valence-electron chi connectivity index (χ1n) is 12.7. The number of amides is 5. The molecular formula is C25H36N6O6. The summed E-state index contributed by atoms with van der Waals surface area (Å²) in [5.41, 5.74) is 5.25. The predicted molar refractivity (Wildman–Crippen MR) is 132 cm³/mol. The summed E-state index contributed by atoms with van der Waals surface area (Å²) in [6.45, 7) is 6.11. The molecule has 12 heteroatoms. The number of piperidine rings is 1. The summed E-state index contributed by atoms with van der Waals surface area (Å²) in [6.07, 6.45) is 2.03. The molecule has 3 aliphatic rings. The number of hydrazine groups is 1. The number of ether oxygens (including phenoxy) is 1. The Kier molecular flexibility index (Phi) is 8.18. The lowest BCUT2D eigenvalue weighted by molar-refractivity contribution is -0.140. The average molecular weight is 517 g/mol. The van der Waals surface area contributed by atoms with Gasteiger partial charge in [0.25, 0.3) is 11.8 Å². The van der Waals surface area contributed by atoms with E-state index in [1.165, 1.54) is 9.96 Å². The molecule has 37 heavy (non-hydrogen) atoms. The van der Waals surface area contributed by atoms with E-state index in [0.29, 0.717) is 32.2 Å².